The van der Waals surface area contributed by atoms with Crippen molar-refractivity contribution in [2.75, 3.05) is 0 Å². The third kappa shape index (κ3) is 11.9. The normalized spacial score (nSPS) is 9.36. The van der Waals surface area contributed by atoms with Crippen molar-refractivity contribution in [3.8, 4) is 0 Å². The fourth-order valence-corrected chi connectivity index (χ4v) is 0.572. The zero-order chi connectivity index (χ0) is 10.5. The van der Waals surface area contributed by atoms with Crippen molar-refractivity contribution in [1.29, 1.82) is 0 Å². The zero-order valence-corrected chi connectivity index (χ0v) is 9.99. The zero-order valence-electron chi connectivity index (χ0n) is 6.86. The van der Waals surface area contributed by atoms with E-state index in [1.165, 1.54) is 6.20 Å². The summed E-state index contributed by atoms with van der Waals surface area (Å²) in [7, 11) is -5.17. The summed E-state index contributed by atoms with van der Waals surface area (Å²) in [5, 5.41) is 10.9. The molecule has 14 heavy (non-hydrogen) atoms. The summed E-state index contributed by atoms with van der Waals surface area (Å²) in [4.78, 5) is 0. The fraction of sp³-hybridized carbons (Fsp3) is 0. The molecule has 0 saturated heterocycles. The van der Waals surface area contributed by atoms with Crippen LogP contribution in [0.25, 0.3) is 0 Å². The van der Waals surface area contributed by atoms with Gasteiger partial charge in [-0.05, 0) is 6.07 Å². The van der Waals surface area contributed by atoms with Gasteiger partial charge in [-0.3, -0.25) is 8.42 Å². The van der Waals surface area contributed by atoms with Gasteiger partial charge in [0, 0.05) is 22.5 Å². The Morgan fingerprint density at radius 2 is 1.71 bits per heavy atom. The molecule has 0 amide bonds. The summed E-state index contributed by atoms with van der Waals surface area (Å²) in [5.74, 6) is 0. The molecule has 0 aliphatic rings. The molecule has 0 bridgehead atoms. The maximum Gasteiger partial charge on any atom is 2.00 e. The van der Waals surface area contributed by atoms with Gasteiger partial charge < -0.3 is 14.3 Å². The molecular formula is C5H5MgNO5S2. The molecular weight excluding hydrogens is 242 g/mol. The van der Waals surface area contributed by atoms with Crippen molar-refractivity contribution in [3.05, 3.63) is 29.6 Å². The number of rotatable bonds is 0. The van der Waals surface area contributed by atoms with Crippen LogP contribution in [0.2, 0.25) is 0 Å². The number of nitrogens with zero attached hydrogens (tertiary/aromatic N) is 1. The first-order valence-corrected chi connectivity index (χ1v) is 4.62. The standard InChI is InChI=1S/C5H5NOS.Mg.H2O4S/c7-6-4-2-1-3-5(6)8;;1-5(2,3)4/h1-4,8H;;(H2,1,2,3,4)/q;+2;/p-2. The molecule has 0 radical (unpaired) electrons. The van der Waals surface area contributed by atoms with Crippen LogP contribution in [0.1, 0.15) is 0 Å². The summed E-state index contributed by atoms with van der Waals surface area (Å²) in [6.45, 7) is 0. The molecule has 9 heteroatoms. The van der Waals surface area contributed by atoms with Crippen LogP contribution in [0.5, 0.6) is 0 Å². The van der Waals surface area contributed by atoms with Gasteiger partial charge in [0.15, 0.2) is 6.20 Å². The van der Waals surface area contributed by atoms with E-state index in [2.05, 4.69) is 12.6 Å². The van der Waals surface area contributed by atoms with Crippen LogP contribution in [0.4, 0.5) is 0 Å². The second kappa shape index (κ2) is 7.26. The quantitative estimate of drug-likeness (QED) is 0.156. The molecule has 0 atom stereocenters. The van der Waals surface area contributed by atoms with Gasteiger partial charge in [0.2, 0.25) is 5.03 Å². The van der Waals surface area contributed by atoms with E-state index in [4.69, 9.17) is 17.5 Å². The SMILES string of the molecule is O=S(=O)([O-])[O-].[Mg+2].[O-][n+]1ccccc1S. The first-order valence-electron chi connectivity index (χ1n) is 2.84. The average Bonchev–Trinajstić information content (AvgIpc) is 1.92. The molecule has 1 heterocycles. The Balaban J connectivity index is 0. The summed E-state index contributed by atoms with van der Waals surface area (Å²) in [5.41, 5.74) is 0. The Morgan fingerprint density at radius 1 is 1.29 bits per heavy atom. The number of aromatic nitrogens is 1. The first kappa shape index (κ1) is 16.4. The minimum Gasteiger partial charge on any atom is -0.759 e. The molecule has 0 N–H and O–H groups in total. The van der Waals surface area contributed by atoms with E-state index in [0.717, 1.165) is 0 Å². The number of hydrogen-bond donors (Lipinski definition) is 1. The van der Waals surface area contributed by atoms with E-state index >= 15 is 0 Å². The average molecular weight is 248 g/mol. The molecule has 0 spiro atoms. The molecule has 1 rings (SSSR count). The topological polar surface area (TPSA) is 107 Å². The minimum atomic E-state index is -5.17. The van der Waals surface area contributed by atoms with Gasteiger partial charge in [0.25, 0.3) is 0 Å². The van der Waals surface area contributed by atoms with Crippen LogP contribution >= 0.6 is 12.6 Å². The summed E-state index contributed by atoms with van der Waals surface area (Å²) in [6, 6.07) is 5.06. The first-order chi connectivity index (χ1) is 5.80. The van der Waals surface area contributed by atoms with Gasteiger partial charge in [-0.2, -0.15) is 4.73 Å². The largest absolute Gasteiger partial charge is 2.00 e. The monoisotopic (exact) mass is 247 g/mol. The second-order valence-corrected chi connectivity index (χ2v) is 3.07. The van der Waals surface area contributed by atoms with Crippen molar-refractivity contribution in [2.45, 2.75) is 5.03 Å². The van der Waals surface area contributed by atoms with E-state index in [1.54, 1.807) is 18.2 Å². The van der Waals surface area contributed by atoms with Crippen LogP contribution in [-0.4, -0.2) is 40.6 Å². The molecule has 74 valence electrons. The Morgan fingerprint density at radius 3 is 1.93 bits per heavy atom. The molecule has 0 unspecified atom stereocenters. The minimum absolute atomic E-state index is 0. The van der Waals surface area contributed by atoms with Crippen LogP contribution in [0.3, 0.4) is 0 Å². The van der Waals surface area contributed by atoms with Gasteiger partial charge in [-0.1, -0.05) is 12.6 Å². The van der Waals surface area contributed by atoms with E-state index < -0.39 is 10.4 Å². The van der Waals surface area contributed by atoms with Gasteiger partial charge in [0.05, 0.1) is 0 Å². The van der Waals surface area contributed by atoms with E-state index in [9.17, 15) is 5.21 Å². The number of pyridine rings is 1. The predicted molar refractivity (Wildman–Crippen MR) is 48.9 cm³/mol. The Bertz CT molecular complexity index is 339. The molecule has 0 aromatic carbocycles. The summed E-state index contributed by atoms with van der Waals surface area (Å²) in [6.07, 6.45) is 1.41. The van der Waals surface area contributed by atoms with Gasteiger partial charge in [0.1, 0.15) is 0 Å². The smallest absolute Gasteiger partial charge is 0.759 e. The molecule has 1 aromatic heterocycles. The maximum atomic E-state index is 10.5. The molecule has 0 fully saturated rings. The molecule has 0 saturated carbocycles. The van der Waals surface area contributed by atoms with E-state index in [1.807, 2.05) is 0 Å². The van der Waals surface area contributed by atoms with Crippen LogP contribution < -0.4 is 4.73 Å². The molecule has 1 aromatic rings. The Labute approximate surface area is 103 Å². The van der Waals surface area contributed by atoms with Crippen molar-refractivity contribution >= 4 is 46.1 Å². The maximum absolute atomic E-state index is 10.5. The summed E-state index contributed by atoms with van der Waals surface area (Å²) < 4.78 is 34.8. The van der Waals surface area contributed by atoms with Crippen molar-refractivity contribution in [2.24, 2.45) is 0 Å². The van der Waals surface area contributed by atoms with Crippen molar-refractivity contribution in [3.63, 3.8) is 0 Å². The molecule has 0 aliphatic heterocycles. The van der Waals surface area contributed by atoms with Crippen LogP contribution in [0, 0.1) is 5.21 Å². The van der Waals surface area contributed by atoms with Crippen molar-refractivity contribution in [1.82, 2.24) is 0 Å². The van der Waals surface area contributed by atoms with Gasteiger partial charge in [-0.25, -0.2) is 0 Å². The van der Waals surface area contributed by atoms with Gasteiger partial charge in [-0.15, -0.1) is 0 Å². The van der Waals surface area contributed by atoms with Crippen molar-refractivity contribution < 1.29 is 22.3 Å². The predicted octanol–water partition coefficient (Wildman–Crippen LogP) is -1.11. The number of thiol groups is 1. The third-order valence-corrected chi connectivity index (χ3v) is 1.15. The third-order valence-electron chi connectivity index (χ3n) is 0.804. The molecule has 6 nitrogen and oxygen atoms in total. The Hall–Kier alpha value is -0.0638. The van der Waals surface area contributed by atoms with E-state index in [0.29, 0.717) is 9.76 Å². The number of hydrogen-bond acceptors (Lipinski definition) is 6. The fourth-order valence-electron chi connectivity index (χ4n) is 0.419. The second-order valence-electron chi connectivity index (χ2n) is 1.79. The van der Waals surface area contributed by atoms with E-state index in [-0.39, 0.29) is 23.1 Å². The summed E-state index contributed by atoms with van der Waals surface area (Å²) >= 11 is 3.85. The van der Waals surface area contributed by atoms with Gasteiger partial charge >= 0.3 is 23.1 Å². The molecule has 0 aliphatic carbocycles. The van der Waals surface area contributed by atoms with Crippen LogP contribution in [0.15, 0.2) is 29.4 Å². The van der Waals surface area contributed by atoms with Crippen LogP contribution in [-0.2, 0) is 10.4 Å². The Kier molecular flexibility index (Phi) is 8.49.